The second kappa shape index (κ2) is 6.78. The van der Waals surface area contributed by atoms with Crippen molar-refractivity contribution >= 4 is 11.6 Å². The number of anilines is 1. The fraction of sp³-hybridized carbons (Fsp3) is 0.417. The summed E-state index contributed by atoms with van der Waals surface area (Å²) in [6, 6.07) is 6.26. The van der Waals surface area contributed by atoms with Gasteiger partial charge in [-0.15, -0.1) is 0 Å². The summed E-state index contributed by atoms with van der Waals surface area (Å²) in [4.78, 5) is 13.1. The molecule has 6 heteroatoms. The standard InChI is InChI=1S/C12H16F2N2O2/c1-3-16(2)11(17)8-15-9-6-4-5-7-10(9)18-12(13)14/h4-7,12,15H,3,8H2,1-2H3. The number of hydrogen-bond acceptors (Lipinski definition) is 3. The van der Waals surface area contributed by atoms with Gasteiger partial charge in [0.1, 0.15) is 5.75 Å². The van der Waals surface area contributed by atoms with Crippen LogP contribution in [0.3, 0.4) is 0 Å². The molecule has 0 saturated heterocycles. The number of benzene rings is 1. The Morgan fingerprint density at radius 3 is 2.72 bits per heavy atom. The third-order valence-electron chi connectivity index (χ3n) is 2.43. The molecule has 0 atom stereocenters. The molecular weight excluding hydrogens is 242 g/mol. The Morgan fingerprint density at radius 2 is 2.11 bits per heavy atom. The molecule has 4 nitrogen and oxygen atoms in total. The number of para-hydroxylation sites is 2. The second-order valence-electron chi connectivity index (χ2n) is 3.64. The van der Waals surface area contributed by atoms with E-state index in [1.807, 2.05) is 6.92 Å². The van der Waals surface area contributed by atoms with Gasteiger partial charge in [0.05, 0.1) is 12.2 Å². The number of carbonyl (C=O) groups excluding carboxylic acids is 1. The number of carbonyl (C=O) groups is 1. The van der Waals surface area contributed by atoms with E-state index in [4.69, 9.17) is 0 Å². The van der Waals surface area contributed by atoms with E-state index >= 15 is 0 Å². The van der Waals surface area contributed by atoms with Crippen LogP contribution in [0.1, 0.15) is 6.92 Å². The van der Waals surface area contributed by atoms with E-state index in [0.717, 1.165) is 0 Å². The van der Waals surface area contributed by atoms with Crippen molar-refractivity contribution in [3.05, 3.63) is 24.3 Å². The minimum absolute atomic E-state index is 0.0273. The minimum atomic E-state index is -2.89. The molecule has 18 heavy (non-hydrogen) atoms. The second-order valence-corrected chi connectivity index (χ2v) is 3.64. The molecule has 0 spiro atoms. The van der Waals surface area contributed by atoms with Crippen molar-refractivity contribution in [1.82, 2.24) is 4.90 Å². The Kier molecular flexibility index (Phi) is 5.35. The highest BCUT2D eigenvalue weighted by Gasteiger charge is 2.11. The number of hydrogen-bond donors (Lipinski definition) is 1. The molecule has 1 amide bonds. The summed E-state index contributed by atoms with van der Waals surface area (Å²) >= 11 is 0. The third-order valence-corrected chi connectivity index (χ3v) is 2.43. The van der Waals surface area contributed by atoms with Crippen LogP contribution < -0.4 is 10.1 Å². The van der Waals surface area contributed by atoms with Crippen molar-refractivity contribution in [3.8, 4) is 5.75 Å². The maximum atomic E-state index is 12.2. The number of ether oxygens (including phenoxy) is 1. The summed E-state index contributed by atoms with van der Waals surface area (Å²) in [7, 11) is 1.67. The zero-order valence-corrected chi connectivity index (χ0v) is 10.3. The number of halogens is 2. The van der Waals surface area contributed by atoms with Crippen molar-refractivity contribution in [1.29, 1.82) is 0 Å². The molecule has 100 valence electrons. The molecule has 0 aromatic heterocycles. The molecule has 0 radical (unpaired) electrons. The van der Waals surface area contributed by atoms with Crippen LogP contribution in [0, 0.1) is 0 Å². The van der Waals surface area contributed by atoms with Crippen LogP contribution >= 0.6 is 0 Å². The molecule has 0 saturated carbocycles. The van der Waals surface area contributed by atoms with Gasteiger partial charge in [-0.05, 0) is 19.1 Å². The lowest BCUT2D eigenvalue weighted by molar-refractivity contribution is -0.127. The molecule has 1 rings (SSSR count). The Labute approximate surface area is 105 Å². The van der Waals surface area contributed by atoms with Gasteiger partial charge in [0.15, 0.2) is 0 Å². The van der Waals surface area contributed by atoms with E-state index in [1.54, 1.807) is 25.2 Å². The van der Waals surface area contributed by atoms with E-state index in [1.165, 1.54) is 11.0 Å². The van der Waals surface area contributed by atoms with Gasteiger partial charge in [-0.25, -0.2) is 0 Å². The molecule has 1 aromatic carbocycles. The number of likely N-dealkylation sites (N-methyl/N-ethyl adjacent to an activating group) is 1. The first-order valence-corrected chi connectivity index (χ1v) is 5.56. The average Bonchev–Trinajstić information content (AvgIpc) is 2.35. The quantitative estimate of drug-likeness (QED) is 0.850. The van der Waals surface area contributed by atoms with Crippen LogP contribution in [0.2, 0.25) is 0 Å². The van der Waals surface area contributed by atoms with E-state index < -0.39 is 6.61 Å². The third kappa shape index (κ3) is 4.20. The molecule has 1 aromatic rings. The zero-order valence-electron chi connectivity index (χ0n) is 10.3. The van der Waals surface area contributed by atoms with Gasteiger partial charge in [-0.3, -0.25) is 4.79 Å². The van der Waals surface area contributed by atoms with Crippen molar-refractivity contribution in [2.24, 2.45) is 0 Å². The highest BCUT2D eigenvalue weighted by Crippen LogP contribution is 2.25. The lowest BCUT2D eigenvalue weighted by Gasteiger charge is -2.16. The Morgan fingerprint density at radius 1 is 1.44 bits per heavy atom. The SMILES string of the molecule is CCN(C)C(=O)CNc1ccccc1OC(F)F. The van der Waals surface area contributed by atoms with Crippen molar-refractivity contribution < 1.29 is 18.3 Å². The summed E-state index contributed by atoms with van der Waals surface area (Å²) in [5.74, 6) is -0.0937. The molecule has 0 aliphatic carbocycles. The van der Waals surface area contributed by atoms with E-state index in [9.17, 15) is 13.6 Å². The van der Waals surface area contributed by atoms with Gasteiger partial charge in [0.25, 0.3) is 0 Å². The number of nitrogens with one attached hydrogen (secondary N) is 1. The summed E-state index contributed by atoms with van der Waals surface area (Å²) in [6.07, 6.45) is 0. The van der Waals surface area contributed by atoms with Crippen molar-refractivity contribution in [3.63, 3.8) is 0 Å². The summed E-state index contributed by atoms with van der Waals surface area (Å²) in [6.45, 7) is -0.406. The zero-order chi connectivity index (χ0) is 13.5. The van der Waals surface area contributed by atoms with Gasteiger partial charge >= 0.3 is 6.61 Å². The lowest BCUT2D eigenvalue weighted by atomic mass is 10.3. The Hall–Kier alpha value is -1.85. The molecular formula is C12H16F2N2O2. The fourth-order valence-corrected chi connectivity index (χ4v) is 1.29. The van der Waals surface area contributed by atoms with Crippen LogP contribution in [-0.2, 0) is 4.79 Å². The molecule has 0 unspecified atom stereocenters. The highest BCUT2D eigenvalue weighted by molar-refractivity contribution is 5.81. The van der Waals surface area contributed by atoms with Crippen LogP contribution in [0.5, 0.6) is 5.75 Å². The minimum Gasteiger partial charge on any atom is -0.433 e. The molecule has 0 bridgehead atoms. The molecule has 1 N–H and O–H groups in total. The van der Waals surface area contributed by atoms with Gasteiger partial charge in [-0.1, -0.05) is 12.1 Å². The summed E-state index contributed by atoms with van der Waals surface area (Å²) < 4.78 is 28.7. The fourth-order valence-electron chi connectivity index (χ4n) is 1.29. The van der Waals surface area contributed by atoms with Gasteiger partial charge in [-0.2, -0.15) is 8.78 Å². The first-order valence-electron chi connectivity index (χ1n) is 5.56. The average molecular weight is 258 g/mol. The lowest BCUT2D eigenvalue weighted by Crippen LogP contribution is -2.31. The van der Waals surface area contributed by atoms with Crippen LogP contribution in [0.4, 0.5) is 14.5 Å². The number of nitrogens with zero attached hydrogens (tertiary/aromatic N) is 1. The van der Waals surface area contributed by atoms with E-state index in [-0.39, 0.29) is 18.2 Å². The summed E-state index contributed by atoms with van der Waals surface area (Å²) in [5, 5.41) is 2.78. The maximum absolute atomic E-state index is 12.2. The molecule has 0 aliphatic heterocycles. The number of rotatable bonds is 6. The molecule has 0 heterocycles. The predicted molar refractivity (Wildman–Crippen MR) is 64.9 cm³/mol. The van der Waals surface area contributed by atoms with Crippen LogP contribution in [0.25, 0.3) is 0 Å². The van der Waals surface area contributed by atoms with Crippen molar-refractivity contribution in [2.45, 2.75) is 13.5 Å². The van der Waals surface area contributed by atoms with Crippen molar-refractivity contribution in [2.75, 3.05) is 25.5 Å². The van der Waals surface area contributed by atoms with E-state index in [0.29, 0.717) is 12.2 Å². The first-order chi connectivity index (χ1) is 8.54. The van der Waals surface area contributed by atoms with Gasteiger partial charge < -0.3 is 15.0 Å². The van der Waals surface area contributed by atoms with Crippen LogP contribution in [0.15, 0.2) is 24.3 Å². The largest absolute Gasteiger partial charge is 0.433 e. The van der Waals surface area contributed by atoms with Gasteiger partial charge in [0.2, 0.25) is 5.91 Å². The smallest absolute Gasteiger partial charge is 0.387 e. The first kappa shape index (κ1) is 14.2. The Balaban J connectivity index is 2.64. The summed E-state index contributed by atoms with van der Waals surface area (Å²) in [5.41, 5.74) is 0.371. The molecule has 0 aliphatic rings. The normalized spacial score (nSPS) is 10.3. The number of amides is 1. The predicted octanol–water partition coefficient (Wildman–Crippen LogP) is 2.18. The van der Waals surface area contributed by atoms with Gasteiger partial charge in [0, 0.05) is 13.6 Å². The topological polar surface area (TPSA) is 41.6 Å². The maximum Gasteiger partial charge on any atom is 0.387 e. The monoisotopic (exact) mass is 258 g/mol. The molecule has 0 fully saturated rings. The Bertz CT molecular complexity index is 399. The highest BCUT2D eigenvalue weighted by atomic mass is 19.3. The van der Waals surface area contributed by atoms with Crippen LogP contribution in [-0.4, -0.2) is 37.6 Å². The number of alkyl halides is 2. The van der Waals surface area contributed by atoms with E-state index in [2.05, 4.69) is 10.1 Å².